The van der Waals surface area contributed by atoms with E-state index in [9.17, 15) is 9.00 Å². The summed E-state index contributed by atoms with van der Waals surface area (Å²) in [4.78, 5) is 17.7. The van der Waals surface area contributed by atoms with Crippen molar-refractivity contribution in [3.05, 3.63) is 56.2 Å². The van der Waals surface area contributed by atoms with Gasteiger partial charge in [0.1, 0.15) is 9.88 Å². The van der Waals surface area contributed by atoms with E-state index < -0.39 is 10.8 Å². The number of aryl methyl sites for hydroxylation is 1. The molecule has 0 saturated carbocycles. The highest BCUT2D eigenvalue weighted by molar-refractivity contribution is 7.83. The largest absolute Gasteiger partial charge is 0.321 e. The molecule has 0 spiro atoms. The predicted octanol–water partition coefficient (Wildman–Crippen LogP) is 4.96. The van der Waals surface area contributed by atoms with Crippen molar-refractivity contribution in [1.82, 2.24) is 4.98 Å². The van der Waals surface area contributed by atoms with Crippen molar-refractivity contribution in [1.29, 1.82) is 0 Å². The quantitative estimate of drug-likeness (QED) is 0.646. The number of hydrogen-bond donors (Lipinski definition) is 1. The van der Waals surface area contributed by atoms with Crippen LogP contribution < -0.4 is 5.32 Å². The standard InChI is InChI=1S/C17H15ClN2O2S3/c1-10-15(24-17(19-10)11-5-6-23-8-11)16(21)20-13-3-4-14(18)12(7-13)9-25(2)22/h3-8H,9H2,1-2H3,(H,20,21). The summed E-state index contributed by atoms with van der Waals surface area (Å²) in [6, 6.07) is 7.19. The van der Waals surface area contributed by atoms with Crippen LogP contribution in [0, 0.1) is 6.92 Å². The van der Waals surface area contributed by atoms with Gasteiger partial charge in [0.25, 0.3) is 5.91 Å². The summed E-state index contributed by atoms with van der Waals surface area (Å²) in [5, 5.41) is 8.25. The average molecular weight is 411 g/mol. The van der Waals surface area contributed by atoms with E-state index >= 15 is 0 Å². The summed E-state index contributed by atoms with van der Waals surface area (Å²) in [6.07, 6.45) is 1.62. The molecule has 3 rings (SSSR count). The van der Waals surface area contributed by atoms with E-state index in [0.29, 0.717) is 27.0 Å². The number of benzene rings is 1. The Morgan fingerprint density at radius 3 is 2.84 bits per heavy atom. The zero-order valence-corrected chi connectivity index (χ0v) is 16.7. The van der Waals surface area contributed by atoms with E-state index in [4.69, 9.17) is 11.6 Å². The fourth-order valence-electron chi connectivity index (χ4n) is 2.29. The second-order valence-electron chi connectivity index (χ2n) is 5.42. The van der Waals surface area contributed by atoms with Crippen molar-refractivity contribution in [2.24, 2.45) is 0 Å². The van der Waals surface area contributed by atoms with E-state index in [1.165, 1.54) is 11.3 Å². The number of anilines is 1. The lowest BCUT2D eigenvalue weighted by atomic mass is 10.2. The van der Waals surface area contributed by atoms with Crippen LogP contribution >= 0.6 is 34.3 Å². The second-order valence-corrected chi connectivity index (χ2v) is 9.04. The number of aromatic nitrogens is 1. The highest BCUT2D eigenvalue weighted by Gasteiger charge is 2.17. The van der Waals surface area contributed by atoms with Gasteiger partial charge in [0.2, 0.25) is 0 Å². The summed E-state index contributed by atoms with van der Waals surface area (Å²) in [5.74, 6) is 0.145. The van der Waals surface area contributed by atoms with Crippen LogP contribution in [-0.2, 0) is 16.6 Å². The van der Waals surface area contributed by atoms with Crippen molar-refractivity contribution < 1.29 is 9.00 Å². The topological polar surface area (TPSA) is 59.1 Å². The lowest BCUT2D eigenvalue weighted by Gasteiger charge is -2.08. The minimum absolute atomic E-state index is 0.206. The fraction of sp³-hybridized carbons (Fsp3) is 0.176. The van der Waals surface area contributed by atoms with Crippen molar-refractivity contribution in [3.63, 3.8) is 0 Å². The molecule has 130 valence electrons. The molecular weight excluding hydrogens is 396 g/mol. The van der Waals surface area contributed by atoms with Crippen LogP contribution in [0.15, 0.2) is 35.0 Å². The van der Waals surface area contributed by atoms with E-state index in [2.05, 4.69) is 10.3 Å². The molecule has 3 aromatic rings. The molecule has 0 aliphatic rings. The molecule has 0 aliphatic heterocycles. The van der Waals surface area contributed by atoms with E-state index in [0.717, 1.165) is 16.1 Å². The highest BCUT2D eigenvalue weighted by atomic mass is 35.5. The van der Waals surface area contributed by atoms with Gasteiger partial charge in [0.15, 0.2) is 0 Å². The van der Waals surface area contributed by atoms with Crippen LogP contribution in [0.2, 0.25) is 5.02 Å². The van der Waals surface area contributed by atoms with Crippen LogP contribution in [0.1, 0.15) is 20.9 Å². The van der Waals surface area contributed by atoms with Crippen LogP contribution in [0.25, 0.3) is 10.6 Å². The molecule has 1 N–H and O–H groups in total. The van der Waals surface area contributed by atoms with E-state index in [-0.39, 0.29) is 5.91 Å². The molecule has 8 heteroatoms. The van der Waals surface area contributed by atoms with Gasteiger partial charge in [-0.2, -0.15) is 11.3 Å². The van der Waals surface area contributed by atoms with E-state index in [1.807, 2.05) is 23.8 Å². The minimum Gasteiger partial charge on any atom is -0.321 e. The average Bonchev–Trinajstić information content (AvgIpc) is 3.19. The number of carbonyl (C=O) groups is 1. The third kappa shape index (κ3) is 4.36. The van der Waals surface area contributed by atoms with Crippen molar-refractivity contribution >= 4 is 56.7 Å². The van der Waals surface area contributed by atoms with Gasteiger partial charge in [-0.1, -0.05) is 11.6 Å². The summed E-state index contributed by atoms with van der Waals surface area (Å²) in [7, 11) is -1.01. The SMILES string of the molecule is Cc1nc(-c2ccsc2)sc1C(=O)Nc1ccc(Cl)c(CS(C)=O)c1. The number of nitrogens with one attached hydrogen (secondary N) is 1. The van der Waals surface area contributed by atoms with Gasteiger partial charge in [-0.15, -0.1) is 11.3 Å². The Bertz CT molecular complexity index is 936. The van der Waals surface area contributed by atoms with Crippen LogP contribution in [0.4, 0.5) is 5.69 Å². The summed E-state index contributed by atoms with van der Waals surface area (Å²) >= 11 is 9.09. The Balaban J connectivity index is 1.82. The molecule has 1 aromatic carbocycles. The maximum absolute atomic E-state index is 12.6. The third-order valence-corrected chi connectivity index (χ3v) is 6.41. The first-order valence-corrected chi connectivity index (χ1v) is 11.2. The van der Waals surface area contributed by atoms with Crippen LogP contribution in [0.3, 0.4) is 0 Å². The summed E-state index contributed by atoms with van der Waals surface area (Å²) in [6.45, 7) is 1.83. The number of thiazole rings is 1. The number of carbonyl (C=O) groups excluding carboxylic acids is 1. The first-order valence-electron chi connectivity index (χ1n) is 7.34. The van der Waals surface area contributed by atoms with Gasteiger partial charge in [-0.05, 0) is 42.1 Å². The molecule has 0 aliphatic carbocycles. The summed E-state index contributed by atoms with van der Waals surface area (Å²) < 4.78 is 11.4. The monoisotopic (exact) mass is 410 g/mol. The van der Waals surface area contributed by atoms with Gasteiger partial charge in [0.05, 0.1) is 5.69 Å². The smallest absolute Gasteiger partial charge is 0.267 e. The molecule has 2 aromatic heterocycles. The van der Waals surface area contributed by atoms with Gasteiger partial charge >= 0.3 is 0 Å². The Hall–Kier alpha value is -1.54. The molecule has 1 atom stereocenters. The number of amides is 1. The Morgan fingerprint density at radius 2 is 2.16 bits per heavy atom. The summed E-state index contributed by atoms with van der Waals surface area (Å²) in [5.41, 5.74) is 3.10. The molecule has 0 saturated heterocycles. The van der Waals surface area contributed by atoms with Gasteiger partial charge in [0, 0.05) is 44.5 Å². The number of thiophene rings is 1. The van der Waals surface area contributed by atoms with Crippen molar-refractivity contribution in [2.45, 2.75) is 12.7 Å². The first-order chi connectivity index (χ1) is 11.9. The fourth-order valence-corrected chi connectivity index (χ4v) is 4.90. The van der Waals surface area contributed by atoms with E-state index in [1.54, 1.807) is 35.8 Å². The molecule has 0 fully saturated rings. The maximum Gasteiger partial charge on any atom is 0.267 e. The Morgan fingerprint density at radius 1 is 1.36 bits per heavy atom. The molecule has 0 bridgehead atoms. The molecule has 0 radical (unpaired) electrons. The lowest BCUT2D eigenvalue weighted by molar-refractivity contribution is 0.103. The zero-order chi connectivity index (χ0) is 18.0. The van der Waals surface area contributed by atoms with Gasteiger partial charge in [-0.3, -0.25) is 9.00 Å². The molecular formula is C17H15ClN2O2S3. The molecule has 1 unspecified atom stereocenters. The van der Waals surface area contributed by atoms with Crippen molar-refractivity contribution in [3.8, 4) is 10.6 Å². The van der Waals surface area contributed by atoms with Crippen LogP contribution in [0.5, 0.6) is 0 Å². The predicted molar refractivity (Wildman–Crippen MR) is 107 cm³/mol. The zero-order valence-electron chi connectivity index (χ0n) is 13.5. The van der Waals surface area contributed by atoms with Gasteiger partial charge < -0.3 is 5.32 Å². The molecule has 25 heavy (non-hydrogen) atoms. The van der Waals surface area contributed by atoms with Crippen LogP contribution in [-0.4, -0.2) is 21.4 Å². The van der Waals surface area contributed by atoms with Gasteiger partial charge in [-0.25, -0.2) is 4.98 Å². The second kappa shape index (κ2) is 7.78. The first kappa shape index (κ1) is 18.3. The lowest BCUT2D eigenvalue weighted by Crippen LogP contribution is -2.12. The molecule has 2 heterocycles. The normalized spacial score (nSPS) is 12.1. The number of rotatable bonds is 5. The number of nitrogens with zero attached hydrogens (tertiary/aromatic N) is 1. The Labute approximate surface area is 161 Å². The third-order valence-electron chi connectivity index (χ3n) is 3.43. The Kier molecular flexibility index (Phi) is 5.68. The molecule has 1 amide bonds. The number of hydrogen-bond acceptors (Lipinski definition) is 5. The minimum atomic E-state index is -1.01. The number of halogens is 1. The van der Waals surface area contributed by atoms with Crippen molar-refractivity contribution in [2.75, 3.05) is 11.6 Å². The highest BCUT2D eigenvalue weighted by Crippen LogP contribution is 2.30. The molecule has 4 nitrogen and oxygen atoms in total. The maximum atomic E-state index is 12.6.